The fourth-order valence-corrected chi connectivity index (χ4v) is 1.42. The van der Waals surface area contributed by atoms with Crippen LogP contribution in [0.2, 0.25) is 0 Å². The molecule has 0 bridgehead atoms. The van der Waals surface area contributed by atoms with E-state index in [2.05, 4.69) is 5.32 Å². The molecule has 1 aromatic rings. The number of carbonyl (C=O) groups excluding carboxylic acids is 1. The Morgan fingerprint density at radius 1 is 1.42 bits per heavy atom. The number of nitrogens with one attached hydrogen (secondary N) is 1. The topological polar surface area (TPSA) is 49.3 Å². The maximum absolute atomic E-state index is 13.4. The van der Waals surface area contributed by atoms with Gasteiger partial charge in [-0.1, -0.05) is 6.92 Å². The molecular weight excluding hydrogens is 266 g/mol. The van der Waals surface area contributed by atoms with Crippen molar-refractivity contribution in [2.24, 2.45) is 0 Å². The van der Waals surface area contributed by atoms with Gasteiger partial charge in [-0.25, -0.2) is 4.39 Å². The van der Waals surface area contributed by atoms with E-state index in [4.69, 9.17) is 5.11 Å². The van der Waals surface area contributed by atoms with Crippen molar-refractivity contribution in [2.45, 2.75) is 25.6 Å². The van der Waals surface area contributed by atoms with Crippen molar-refractivity contribution in [2.75, 3.05) is 6.61 Å². The van der Waals surface area contributed by atoms with Crippen molar-refractivity contribution in [1.29, 1.82) is 0 Å². The van der Waals surface area contributed by atoms with Gasteiger partial charge < -0.3 is 10.4 Å². The van der Waals surface area contributed by atoms with Crippen LogP contribution in [0, 0.1) is 5.82 Å². The molecule has 0 aliphatic rings. The molecule has 0 heterocycles. The van der Waals surface area contributed by atoms with Crippen LogP contribution in [0.3, 0.4) is 0 Å². The van der Waals surface area contributed by atoms with Gasteiger partial charge >= 0.3 is 6.18 Å². The lowest BCUT2D eigenvalue weighted by atomic mass is 10.1. The van der Waals surface area contributed by atoms with Gasteiger partial charge in [-0.15, -0.1) is 0 Å². The molecule has 1 rings (SSSR count). The molecule has 0 saturated heterocycles. The number of rotatable bonds is 4. The van der Waals surface area contributed by atoms with Gasteiger partial charge in [0.15, 0.2) is 0 Å². The summed E-state index contributed by atoms with van der Waals surface area (Å²) in [6, 6.07) is 0.989. The zero-order valence-electron chi connectivity index (χ0n) is 10.1. The van der Waals surface area contributed by atoms with Crippen LogP contribution in [0.1, 0.15) is 29.3 Å². The SMILES string of the molecule is CC[C@H](CO)NC(=O)c1cc(C(F)(F)F)ccc1F. The number of hydrogen-bond acceptors (Lipinski definition) is 2. The highest BCUT2D eigenvalue weighted by Crippen LogP contribution is 2.30. The molecule has 0 unspecified atom stereocenters. The Labute approximate surface area is 107 Å². The van der Waals surface area contributed by atoms with Gasteiger partial charge in [0.1, 0.15) is 5.82 Å². The second-order valence-electron chi connectivity index (χ2n) is 3.95. The van der Waals surface area contributed by atoms with Crippen molar-refractivity contribution in [3.8, 4) is 0 Å². The molecule has 0 aromatic heterocycles. The van der Waals surface area contributed by atoms with Crippen LogP contribution < -0.4 is 5.32 Å². The Kier molecular flexibility index (Phi) is 4.88. The summed E-state index contributed by atoms with van der Waals surface area (Å²) in [5.74, 6) is -2.03. The average molecular weight is 279 g/mol. The standard InChI is InChI=1S/C12H13F4NO2/c1-2-8(6-18)17-11(19)9-5-7(12(14,15)16)3-4-10(9)13/h3-5,8,18H,2,6H2,1H3,(H,17,19)/t8-/m1/s1. The third kappa shape index (κ3) is 3.92. The molecule has 0 fully saturated rings. The van der Waals surface area contributed by atoms with Crippen molar-refractivity contribution >= 4 is 5.91 Å². The Morgan fingerprint density at radius 3 is 2.53 bits per heavy atom. The summed E-state index contributed by atoms with van der Waals surface area (Å²) in [5, 5.41) is 11.1. The molecule has 106 valence electrons. The summed E-state index contributed by atoms with van der Waals surface area (Å²) in [6.07, 6.45) is -4.27. The molecule has 7 heteroatoms. The van der Waals surface area contributed by atoms with Gasteiger partial charge in [0.05, 0.1) is 23.8 Å². The summed E-state index contributed by atoms with van der Waals surface area (Å²) in [5.41, 5.74) is -1.79. The summed E-state index contributed by atoms with van der Waals surface area (Å²) in [7, 11) is 0. The van der Waals surface area contributed by atoms with E-state index in [1.807, 2.05) is 0 Å². The monoisotopic (exact) mass is 279 g/mol. The number of aliphatic hydroxyl groups excluding tert-OH is 1. The van der Waals surface area contributed by atoms with Crippen molar-refractivity contribution in [1.82, 2.24) is 5.32 Å². The highest BCUT2D eigenvalue weighted by Gasteiger charge is 2.32. The molecule has 2 N–H and O–H groups in total. The predicted molar refractivity (Wildman–Crippen MR) is 60.0 cm³/mol. The Hall–Kier alpha value is -1.63. The predicted octanol–water partition coefficient (Wildman–Crippen LogP) is 2.35. The maximum Gasteiger partial charge on any atom is 0.416 e. The molecule has 1 atom stereocenters. The van der Waals surface area contributed by atoms with Crippen LogP contribution >= 0.6 is 0 Å². The quantitative estimate of drug-likeness (QED) is 0.831. The van der Waals surface area contributed by atoms with E-state index < -0.39 is 35.1 Å². The van der Waals surface area contributed by atoms with E-state index in [1.54, 1.807) is 6.92 Å². The summed E-state index contributed by atoms with van der Waals surface area (Å²) >= 11 is 0. The van der Waals surface area contributed by atoms with Crippen molar-refractivity contribution < 1.29 is 27.5 Å². The minimum absolute atomic E-state index is 0.372. The number of halogens is 4. The number of alkyl halides is 3. The number of hydrogen-bond donors (Lipinski definition) is 2. The first-order valence-electron chi connectivity index (χ1n) is 5.58. The van der Waals surface area contributed by atoms with Crippen molar-refractivity contribution in [3.05, 3.63) is 35.1 Å². The second kappa shape index (κ2) is 6.01. The van der Waals surface area contributed by atoms with Gasteiger partial charge in [-0.05, 0) is 24.6 Å². The molecule has 0 aliphatic carbocycles. The second-order valence-corrected chi connectivity index (χ2v) is 3.95. The van der Waals surface area contributed by atoms with E-state index in [0.717, 1.165) is 0 Å². The normalized spacial score (nSPS) is 13.2. The third-order valence-corrected chi connectivity index (χ3v) is 2.59. The van der Waals surface area contributed by atoms with Gasteiger partial charge in [-0.3, -0.25) is 4.79 Å². The highest BCUT2D eigenvalue weighted by molar-refractivity contribution is 5.94. The molecule has 1 aromatic carbocycles. The van der Waals surface area contributed by atoms with Crippen molar-refractivity contribution in [3.63, 3.8) is 0 Å². The zero-order chi connectivity index (χ0) is 14.6. The smallest absolute Gasteiger partial charge is 0.394 e. The van der Waals surface area contributed by atoms with Gasteiger partial charge in [0.2, 0.25) is 0 Å². The summed E-state index contributed by atoms with van der Waals surface area (Å²) < 4.78 is 50.8. The van der Waals surface area contributed by atoms with E-state index >= 15 is 0 Å². The van der Waals surface area contributed by atoms with Crippen LogP contribution in [0.15, 0.2) is 18.2 Å². The molecule has 3 nitrogen and oxygen atoms in total. The van der Waals surface area contributed by atoms with Crippen LogP contribution in [0.25, 0.3) is 0 Å². The number of benzene rings is 1. The maximum atomic E-state index is 13.4. The number of aliphatic hydroxyl groups is 1. The van der Waals surface area contributed by atoms with E-state index in [9.17, 15) is 22.4 Å². The lowest BCUT2D eigenvalue weighted by Gasteiger charge is -2.15. The number of carbonyl (C=O) groups is 1. The van der Waals surface area contributed by atoms with E-state index in [1.165, 1.54) is 0 Å². The minimum Gasteiger partial charge on any atom is -0.394 e. The zero-order valence-corrected chi connectivity index (χ0v) is 10.1. The van der Waals surface area contributed by atoms with Crippen LogP contribution in [0.5, 0.6) is 0 Å². The molecule has 0 saturated carbocycles. The van der Waals surface area contributed by atoms with Gasteiger partial charge in [0, 0.05) is 0 Å². The van der Waals surface area contributed by atoms with Crippen LogP contribution in [0.4, 0.5) is 17.6 Å². The largest absolute Gasteiger partial charge is 0.416 e. The first-order valence-corrected chi connectivity index (χ1v) is 5.58. The van der Waals surface area contributed by atoms with E-state index in [0.29, 0.717) is 24.6 Å². The summed E-state index contributed by atoms with van der Waals surface area (Å²) in [4.78, 5) is 11.6. The lowest BCUT2D eigenvalue weighted by Crippen LogP contribution is -2.37. The lowest BCUT2D eigenvalue weighted by molar-refractivity contribution is -0.137. The van der Waals surface area contributed by atoms with Gasteiger partial charge in [-0.2, -0.15) is 13.2 Å². The first-order chi connectivity index (χ1) is 8.79. The highest BCUT2D eigenvalue weighted by atomic mass is 19.4. The first kappa shape index (κ1) is 15.4. The summed E-state index contributed by atoms with van der Waals surface area (Å²) in [6.45, 7) is 1.30. The molecule has 0 spiro atoms. The fourth-order valence-electron chi connectivity index (χ4n) is 1.42. The van der Waals surface area contributed by atoms with E-state index in [-0.39, 0.29) is 6.61 Å². The molecule has 0 aliphatic heterocycles. The molecule has 1 amide bonds. The molecular formula is C12H13F4NO2. The average Bonchev–Trinajstić information content (AvgIpc) is 2.34. The number of amides is 1. The fraction of sp³-hybridized carbons (Fsp3) is 0.417. The minimum atomic E-state index is -4.65. The molecule has 0 radical (unpaired) electrons. The Bertz CT molecular complexity index is 456. The van der Waals surface area contributed by atoms with Crippen LogP contribution in [-0.2, 0) is 6.18 Å². The van der Waals surface area contributed by atoms with Gasteiger partial charge in [0.25, 0.3) is 5.91 Å². The Balaban J connectivity index is 3.02. The van der Waals surface area contributed by atoms with Crippen LogP contribution in [-0.4, -0.2) is 23.7 Å². The molecule has 19 heavy (non-hydrogen) atoms. The Morgan fingerprint density at radius 2 is 2.05 bits per heavy atom. The third-order valence-electron chi connectivity index (χ3n) is 2.59.